The van der Waals surface area contributed by atoms with Crippen molar-refractivity contribution < 1.29 is 14.6 Å². The summed E-state index contributed by atoms with van der Waals surface area (Å²) in [5, 5.41) is 12.1. The van der Waals surface area contributed by atoms with E-state index in [1.807, 2.05) is 23.9 Å². The number of fused-ring (bicyclic) bond motifs is 1. The van der Waals surface area contributed by atoms with Crippen molar-refractivity contribution in [2.75, 3.05) is 37.9 Å². The van der Waals surface area contributed by atoms with Gasteiger partial charge in [0, 0.05) is 25.4 Å². The standard InChI is InChI=1S/C14H21NO3S/c16-5-1-8-19-9-4-15-11-12-2-3-13-14(10-12)18-7-6-17-13/h2-3,10,15-16H,1,4-9,11H2. The number of hydrogen-bond acceptors (Lipinski definition) is 5. The normalized spacial score (nSPS) is 13.5. The zero-order valence-corrected chi connectivity index (χ0v) is 11.9. The molecular weight excluding hydrogens is 262 g/mol. The predicted molar refractivity (Wildman–Crippen MR) is 78.2 cm³/mol. The third-order valence-electron chi connectivity index (χ3n) is 2.81. The highest BCUT2D eigenvalue weighted by Gasteiger charge is 2.11. The minimum atomic E-state index is 0.289. The van der Waals surface area contributed by atoms with E-state index in [-0.39, 0.29) is 6.61 Å². The molecule has 0 spiro atoms. The van der Waals surface area contributed by atoms with E-state index in [4.69, 9.17) is 14.6 Å². The predicted octanol–water partition coefficient (Wildman–Crippen LogP) is 1.66. The van der Waals surface area contributed by atoms with E-state index in [1.165, 1.54) is 5.56 Å². The first kappa shape index (κ1) is 14.5. The summed E-state index contributed by atoms with van der Waals surface area (Å²) in [5.74, 6) is 3.80. The number of hydrogen-bond donors (Lipinski definition) is 2. The van der Waals surface area contributed by atoms with Gasteiger partial charge in [0.25, 0.3) is 0 Å². The van der Waals surface area contributed by atoms with E-state index < -0.39 is 0 Å². The molecule has 1 aliphatic heterocycles. The molecule has 1 aromatic rings. The number of aliphatic hydroxyl groups is 1. The molecule has 0 radical (unpaired) electrons. The number of rotatable bonds is 8. The molecule has 4 nitrogen and oxygen atoms in total. The second-order valence-electron chi connectivity index (χ2n) is 4.34. The van der Waals surface area contributed by atoms with Crippen LogP contribution < -0.4 is 14.8 Å². The van der Waals surface area contributed by atoms with Crippen LogP contribution >= 0.6 is 11.8 Å². The fourth-order valence-electron chi connectivity index (χ4n) is 1.84. The van der Waals surface area contributed by atoms with Gasteiger partial charge in [0.2, 0.25) is 0 Å². The lowest BCUT2D eigenvalue weighted by Gasteiger charge is -2.19. The summed E-state index contributed by atoms with van der Waals surface area (Å²) < 4.78 is 11.0. The summed E-state index contributed by atoms with van der Waals surface area (Å²) in [7, 11) is 0. The van der Waals surface area contributed by atoms with Crippen LogP contribution in [0.2, 0.25) is 0 Å². The molecule has 0 saturated heterocycles. The molecule has 2 N–H and O–H groups in total. The SMILES string of the molecule is OCCCSCCNCc1ccc2c(c1)OCCO2. The molecule has 0 aromatic heterocycles. The lowest BCUT2D eigenvalue weighted by molar-refractivity contribution is 0.171. The zero-order chi connectivity index (χ0) is 13.3. The molecule has 5 heteroatoms. The molecule has 1 aliphatic rings. The van der Waals surface area contributed by atoms with Crippen LogP contribution in [-0.4, -0.2) is 43.0 Å². The van der Waals surface area contributed by atoms with Gasteiger partial charge in [-0.1, -0.05) is 6.07 Å². The zero-order valence-electron chi connectivity index (χ0n) is 11.1. The molecule has 0 saturated carbocycles. The van der Waals surface area contributed by atoms with Crippen molar-refractivity contribution in [3.8, 4) is 11.5 Å². The van der Waals surface area contributed by atoms with E-state index in [0.717, 1.165) is 42.5 Å². The maximum Gasteiger partial charge on any atom is 0.161 e. The van der Waals surface area contributed by atoms with Crippen LogP contribution in [0.3, 0.4) is 0 Å². The molecule has 1 aromatic carbocycles. The van der Waals surface area contributed by atoms with Gasteiger partial charge in [-0.15, -0.1) is 0 Å². The van der Waals surface area contributed by atoms with Crippen LogP contribution in [0.15, 0.2) is 18.2 Å². The first-order valence-electron chi connectivity index (χ1n) is 6.68. The molecule has 106 valence electrons. The van der Waals surface area contributed by atoms with E-state index in [1.54, 1.807) is 0 Å². The quantitative estimate of drug-likeness (QED) is 0.711. The van der Waals surface area contributed by atoms with E-state index in [9.17, 15) is 0 Å². The molecule has 0 atom stereocenters. The number of benzene rings is 1. The molecule has 0 aliphatic carbocycles. The van der Waals surface area contributed by atoms with Crippen LogP contribution in [0.1, 0.15) is 12.0 Å². The maximum absolute atomic E-state index is 8.66. The van der Waals surface area contributed by atoms with Crippen LogP contribution in [0.25, 0.3) is 0 Å². The largest absolute Gasteiger partial charge is 0.486 e. The second-order valence-corrected chi connectivity index (χ2v) is 5.57. The number of thioether (sulfide) groups is 1. The molecule has 1 heterocycles. The highest BCUT2D eigenvalue weighted by Crippen LogP contribution is 2.30. The molecule has 0 bridgehead atoms. The molecule has 0 fully saturated rings. The minimum absolute atomic E-state index is 0.289. The third kappa shape index (κ3) is 4.93. The maximum atomic E-state index is 8.66. The summed E-state index contributed by atoms with van der Waals surface area (Å²) in [6.07, 6.45) is 0.882. The first-order valence-corrected chi connectivity index (χ1v) is 7.83. The first-order chi connectivity index (χ1) is 9.40. The molecule has 0 unspecified atom stereocenters. The molecular formula is C14H21NO3S. The smallest absolute Gasteiger partial charge is 0.161 e. The van der Waals surface area contributed by atoms with Gasteiger partial charge >= 0.3 is 0 Å². The lowest BCUT2D eigenvalue weighted by Crippen LogP contribution is -2.18. The topological polar surface area (TPSA) is 50.7 Å². The fraction of sp³-hybridized carbons (Fsp3) is 0.571. The van der Waals surface area contributed by atoms with Crippen molar-refractivity contribution in [2.45, 2.75) is 13.0 Å². The van der Waals surface area contributed by atoms with Crippen molar-refractivity contribution >= 4 is 11.8 Å². The lowest BCUT2D eigenvalue weighted by atomic mass is 10.2. The third-order valence-corrected chi connectivity index (χ3v) is 3.88. The summed E-state index contributed by atoms with van der Waals surface area (Å²) in [6, 6.07) is 6.08. The van der Waals surface area contributed by atoms with Crippen molar-refractivity contribution in [3.05, 3.63) is 23.8 Å². The van der Waals surface area contributed by atoms with Gasteiger partial charge in [0.15, 0.2) is 11.5 Å². The fourth-order valence-corrected chi connectivity index (χ4v) is 2.67. The van der Waals surface area contributed by atoms with Crippen LogP contribution in [0.5, 0.6) is 11.5 Å². The van der Waals surface area contributed by atoms with Crippen molar-refractivity contribution in [1.29, 1.82) is 0 Å². The number of aliphatic hydroxyl groups excluding tert-OH is 1. The highest BCUT2D eigenvalue weighted by molar-refractivity contribution is 7.99. The Balaban J connectivity index is 1.66. The Labute approximate surface area is 118 Å². The van der Waals surface area contributed by atoms with Gasteiger partial charge < -0.3 is 19.9 Å². The van der Waals surface area contributed by atoms with E-state index in [0.29, 0.717) is 13.2 Å². The Morgan fingerprint density at radius 1 is 1.16 bits per heavy atom. The van der Waals surface area contributed by atoms with Crippen LogP contribution in [0, 0.1) is 0 Å². The second kappa shape index (κ2) is 8.30. The van der Waals surface area contributed by atoms with Crippen molar-refractivity contribution in [2.24, 2.45) is 0 Å². The Kier molecular flexibility index (Phi) is 6.33. The van der Waals surface area contributed by atoms with Crippen LogP contribution in [-0.2, 0) is 6.54 Å². The Morgan fingerprint density at radius 2 is 2.00 bits per heavy atom. The van der Waals surface area contributed by atoms with Crippen molar-refractivity contribution in [1.82, 2.24) is 5.32 Å². The van der Waals surface area contributed by atoms with E-state index in [2.05, 4.69) is 11.4 Å². The average Bonchev–Trinajstić information content (AvgIpc) is 2.46. The molecule has 19 heavy (non-hydrogen) atoms. The molecule has 2 rings (SSSR count). The Bertz CT molecular complexity index is 387. The monoisotopic (exact) mass is 283 g/mol. The number of ether oxygens (including phenoxy) is 2. The van der Waals surface area contributed by atoms with Gasteiger partial charge in [-0.05, 0) is 29.9 Å². The van der Waals surface area contributed by atoms with Crippen molar-refractivity contribution in [3.63, 3.8) is 0 Å². The van der Waals surface area contributed by atoms with Gasteiger partial charge in [-0.25, -0.2) is 0 Å². The van der Waals surface area contributed by atoms with Gasteiger partial charge in [0.1, 0.15) is 13.2 Å². The van der Waals surface area contributed by atoms with Crippen LogP contribution in [0.4, 0.5) is 0 Å². The summed E-state index contributed by atoms with van der Waals surface area (Å²) in [5.41, 5.74) is 1.21. The average molecular weight is 283 g/mol. The Morgan fingerprint density at radius 3 is 2.84 bits per heavy atom. The van der Waals surface area contributed by atoms with Gasteiger partial charge in [-0.2, -0.15) is 11.8 Å². The summed E-state index contributed by atoms with van der Waals surface area (Å²) in [4.78, 5) is 0. The molecule has 0 amide bonds. The Hall–Kier alpha value is -0.910. The van der Waals surface area contributed by atoms with Gasteiger partial charge in [0.05, 0.1) is 0 Å². The summed E-state index contributed by atoms with van der Waals surface area (Å²) >= 11 is 1.87. The highest BCUT2D eigenvalue weighted by atomic mass is 32.2. The van der Waals surface area contributed by atoms with Gasteiger partial charge in [-0.3, -0.25) is 0 Å². The minimum Gasteiger partial charge on any atom is -0.486 e. The number of nitrogens with one attached hydrogen (secondary N) is 1. The van der Waals surface area contributed by atoms with E-state index >= 15 is 0 Å². The summed E-state index contributed by atoms with van der Waals surface area (Å²) in [6.45, 7) is 3.38.